The van der Waals surface area contributed by atoms with Crippen molar-refractivity contribution >= 4 is 6.03 Å². The molecule has 3 heterocycles. The fourth-order valence-corrected chi connectivity index (χ4v) is 3.83. The lowest BCUT2D eigenvalue weighted by Crippen LogP contribution is -2.44. The van der Waals surface area contributed by atoms with Gasteiger partial charge in [0.2, 0.25) is 0 Å². The van der Waals surface area contributed by atoms with Crippen LogP contribution in [0.2, 0.25) is 0 Å². The Balaban J connectivity index is 1.31. The molecule has 6 heteroatoms. The molecule has 1 aliphatic heterocycles. The van der Waals surface area contributed by atoms with Crippen LogP contribution in [-0.2, 0) is 13.6 Å². The quantitative estimate of drug-likeness (QED) is 0.758. The number of urea groups is 1. The van der Waals surface area contributed by atoms with Gasteiger partial charge in [-0.3, -0.25) is 9.67 Å². The molecule has 0 bridgehead atoms. The summed E-state index contributed by atoms with van der Waals surface area (Å²) in [6.07, 6.45) is 5.58. The standard InChI is InChI=1S/C22H25N5O/c1-26-21(8-12-25-26)18-9-13-27(14-10-18)22(28)24-16-17-5-4-6-19(15-17)20-7-2-3-11-23-20/h2-8,11-12,15,18H,9-10,13-14,16H2,1H3,(H,24,28). The average Bonchev–Trinajstić information content (AvgIpc) is 3.19. The van der Waals surface area contributed by atoms with Crippen molar-refractivity contribution in [2.75, 3.05) is 13.1 Å². The maximum atomic E-state index is 12.6. The summed E-state index contributed by atoms with van der Waals surface area (Å²) in [5.74, 6) is 0.478. The van der Waals surface area contributed by atoms with E-state index >= 15 is 0 Å². The van der Waals surface area contributed by atoms with E-state index in [9.17, 15) is 4.79 Å². The van der Waals surface area contributed by atoms with Crippen molar-refractivity contribution in [3.8, 4) is 11.3 Å². The lowest BCUT2D eigenvalue weighted by atomic mass is 9.93. The number of amides is 2. The van der Waals surface area contributed by atoms with Crippen molar-refractivity contribution in [3.63, 3.8) is 0 Å². The van der Waals surface area contributed by atoms with Crippen LogP contribution in [0.4, 0.5) is 4.79 Å². The summed E-state index contributed by atoms with van der Waals surface area (Å²) in [7, 11) is 1.98. The predicted octanol–water partition coefficient (Wildman–Crippen LogP) is 3.57. The van der Waals surface area contributed by atoms with Gasteiger partial charge < -0.3 is 10.2 Å². The molecule has 1 N–H and O–H groups in total. The fourth-order valence-electron chi connectivity index (χ4n) is 3.83. The van der Waals surface area contributed by atoms with Crippen LogP contribution in [0.1, 0.15) is 30.0 Å². The van der Waals surface area contributed by atoms with Crippen molar-refractivity contribution in [2.45, 2.75) is 25.3 Å². The van der Waals surface area contributed by atoms with Gasteiger partial charge in [0.15, 0.2) is 0 Å². The van der Waals surface area contributed by atoms with Gasteiger partial charge in [-0.25, -0.2) is 4.79 Å². The molecule has 0 aliphatic carbocycles. The molecule has 3 aromatic rings. The van der Waals surface area contributed by atoms with E-state index in [1.807, 2.05) is 59.2 Å². The summed E-state index contributed by atoms with van der Waals surface area (Å²) < 4.78 is 1.94. The number of pyridine rings is 1. The van der Waals surface area contributed by atoms with Gasteiger partial charge in [0, 0.05) is 56.3 Å². The first-order chi connectivity index (χ1) is 13.7. The molecule has 0 unspecified atom stereocenters. The summed E-state index contributed by atoms with van der Waals surface area (Å²) in [6, 6.07) is 16.1. The number of aromatic nitrogens is 3. The van der Waals surface area contributed by atoms with Crippen molar-refractivity contribution in [1.29, 1.82) is 0 Å². The van der Waals surface area contributed by atoms with Gasteiger partial charge in [-0.1, -0.05) is 24.3 Å². The van der Waals surface area contributed by atoms with Crippen molar-refractivity contribution in [2.24, 2.45) is 7.05 Å². The number of hydrogen-bond donors (Lipinski definition) is 1. The highest BCUT2D eigenvalue weighted by Crippen LogP contribution is 2.27. The van der Waals surface area contributed by atoms with E-state index in [0.717, 1.165) is 42.8 Å². The van der Waals surface area contributed by atoms with E-state index in [2.05, 4.69) is 27.5 Å². The van der Waals surface area contributed by atoms with Gasteiger partial charge >= 0.3 is 6.03 Å². The molecule has 1 aromatic carbocycles. The highest BCUT2D eigenvalue weighted by Gasteiger charge is 2.25. The highest BCUT2D eigenvalue weighted by atomic mass is 16.2. The maximum absolute atomic E-state index is 12.6. The zero-order valence-electron chi connectivity index (χ0n) is 16.1. The lowest BCUT2D eigenvalue weighted by molar-refractivity contribution is 0.180. The van der Waals surface area contributed by atoms with Crippen molar-refractivity contribution in [3.05, 3.63) is 72.2 Å². The number of benzene rings is 1. The van der Waals surface area contributed by atoms with Crippen LogP contribution in [0.3, 0.4) is 0 Å². The van der Waals surface area contributed by atoms with E-state index in [4.69, 9.17) is 0 Å². The number of likely N-dealkylation sites (tertiary alicyclic amines) is 1. The molecular formula is C22H25N5O. The van der Waals surface area contributed by atoms with E-state index < -0.39 is 0 Å². The van der Waals surface area contributed by atoms with Crippen molar-refractivity contribution in [1.82, 2.24) is 25.0 Å². The summed E-state index contributed by atoms with van der Waals surface area (Å²) in [5.41, 5.74) is 4.32. The monoisotopic (exact) mass is 375 g/mol. The Morgan fingerprint density at radius 3 is 2.68 bits per heavy atom. The maximum Gasteiger partial charge on any atom is 0.317 e. The first kappa shape index (κ1) is 18.2. The molecule has 2 aromatic heterocycles. The Morgan fingerprint density at radius 2 is 1.96 bits per heavy atom. The Bertz CT molecular complexity index is 929. The zero-order valence-corrected chi connectivity index (χ0v) is 16.1. The summed E-state index contributed by atoms with van der Waals surface area (Å²) in [4.78, 5) is 18.9. The van der Waals surface area contributed by atoms with E-state index in [-0.39, 0.29) is 6.03 Å². The Labute approximate surface area is 165 Å². The highest BCUT2D eigenvalue weighted by molar-refractivity contribution is 5.74. The van der Waals surface area contributed by atoms with Crippen LogP contribution < -0.4 is 5.32 Å². The number of carbonyl (C=O) groups excluding carboxylic acids is 1. The third-order valence-electron chi connectivity index (χ3n) is 5.39. The molecule has 1 aliphatic rings. The second kappa shape index (κ2) is 8.25. The van der Waals surface area contributed by atoms with E-state index in [1.165, 1.54) is 5.69 Å². The van der Waals surface area contributed by atoms with Crippen LogP contribution >= 0.6 is 0 Å². The minimum atomic E-state index is 0.00620. The SMILES string of the molecule is Cn1nccc1C1CCN(C(=O)NCc2cccc(-c3ccccn3)c2)CC1. The van der Waals surface area contributed by atoms with Gasteiger partial charge in [0.05, 0.1) is 5.69 Å². The number of hydrogen-bond acceptors (Lipinski definition) is 3. The molecule has 1 saturated heterocycles. The number of nitrogens with zero attached hydrogens (tertiary/aromatic N) is 4. The molecule has 0 saturated carbocycles. The van der Waals surface area contributed by atoms with Gasteiger partial charge in [0.1, 0.15) is 0 Å². The fraction of sp³-hybridized carbons (Fsp3) is 0.318. The molecule has 4 rings (SSSR count). The molecule has 0 atom stereocenters. The molecule has 6 nitrogen and oxygen atoms in total. The van der Waals surface area contributed by atoms with E-state index in [0.29, 0.717) is 12.5 Å². The molecule has 28 heavy (non-hydrogen) atoms. The first-order valence-electron chi connectivity index (χ1n) is 9.72. The molecular weight excluding hydrogens is 350 g/mol. The van der Waals surface area contributed by atoms with Gasteiger partial charge in [0.25, 0.3) is 0 Å². The van der Waals surface area contributed by atoms with Crippen LogP contribution in [0, 0.1) is 0 Å². The lowest BCUT2D eigenvalue weighted by Gasteiger charge is -2.32. The van der Waals surface area contributed by atoms with Crippen LogP contribution in [0.25, 0.3) is 11.3 Å². The van der Waals surface area contributed by atoms with Gasteiger partial charge in [-0.05, 0) is 42.7 Å². The first-order valence-corrected chi connectivity index (χ1v) is 9.72. The average molecular weight is 375 g/mol. The van der Waals surface area contributed by atoms with Crippen LogP contribution in [0.5, 0.6) is 0 Å². The molecule has 144 valence electrons. The number of rotatable bonds is 4. The second-order valence-corrected chi connectivity index (χ2v) is 7.22. The molecule has 0 radical (unpaired) electrons. The number of carbonyl (C=O) groups is 1. The van der Waals surface area contributed by atoms with Crippen molar-refractivity contribution < 1.29 is 4.79 Å². The smallest absolute Gasteiger partial charge is 0.317 e. The minimum Gasteiger partial charge on any atom is -0.334 e. The summed E-state index contributed by atoms with van der Waals surface area (Å²) in [5, 5.41) is 7.31. The zero-order chi connectivity index (χ0) is 19.3. The third kappa shape index (κ3) is 4.06. The van der Waals surface area contributed by atoms with Crippen LogP contribution in [0.15, 0.2) is 60.9 Å². The Kier molecular flexibility index (Phi) is 5.37. The molecule has 1 fully saturated rings. The molecule has 0 spiro atoms. The number of piperidine rings is 1. The second-order valence-electron chi connectivity index (χ2n) is 7.22. The normalized spacial score (nSPS) is 14.8. The number of nitrogens with one attached hydrogen (secondary N) is 1. The van der Waals surface area contributed by atoms with Gasteiger partial charge in [-0.15, -0.1) is 0 Å². The molecule has 2 amide bonds. The number of aryl methyl sites for hydroxylation is 1. The third-order valence-corrected chi connectivity index (χ3v) is 5.39. The van der Waals surface area contributed by atoms with E-state index in [1.54, 1.807) is 6.20 Å². The minimum absolute atomic E-state index is 0.00620. The van der Waals surface area contributed by atoms with Gasteiger partial charge in [-0.2, -0.15) is 5.10 Å². The summed E-state index contributed by atoms with van der Waals surface area (Å²) >= 11 is 0. The Hall–Kier alpha value is -3.15. The Morgan fingerprint density at radius 1 is 1.11 bits per heavy atom. The van der Waals surface area contributed by atoms with Crippen LogP contribution in [-0.4, -0.2) is 38.8 Å². The topological polar surface area (TPSA) is 63.1 Å². The largest absolute Gasteiger partial charge is 0.334 e. The predicted molar refractivity (Wildman–Crippen MR) is 109 cm³/mol. The summed E-state index contributed by atoms with van der Waals surface area (Å²) in [6.45, 7) is 2.06.